The predicted molar refractivity (Wildman–Crippen MR) is 73.9 cm³/mol. The highest BCUT2D eigenvalue weighted by atomic mass is 32.2. The van der Waals surface area contributed by atoms with Gasteiger partial charge in [0.1, 0.15) is 11.4 Å². The molecule has 0 amide bonds. The molecule has 0 saturated heterocycles. The van der Waals surface area contributed by atoms with Gasteiger partial charge >= 0.3 is 0 Å². The summed E-state index contributed by atoms with van der Waals surface area (Å²) in [6, 6.07) is 1.96. The van der Waals surface area contributed by atoms with E-state index >= 15 is 0 Å². The fourth-order valence-corrected chi connectivity index (χ4v) is 3.11. The molecule has 0 saturated carbocycles. The summed E-state index contributed by atoms with van der Waals surface area (Å²) in [4.78, 5) is 8.81. The summed E-state index contributed by atoms with van der Waals surface area (Å²) in [6.45, 7) is 0. The van der Waals surface area contributed by atoms with E-state index in [1.165, 1.54) is 23.7 Å². The lowest BCUT2D eigenvalue weighted by molar-refractivity contribution is 0.318. The van der Waals surface area contributed by atoms with Crippen molar-refractivity contribution < 1.29 is 5.21 Å². The number of oxime groups is 1. The molecule has 0 radical (unpaired) electrons. The van der Waals surface area contributed by atoms with Gasteiger partial charge in [-0.25, -0.2) is 14.6 Å². The van der Waals surface area contributed by atoms with Gasteiger partial charge in [-0.05, 0) is 42.7 Å². The zero-order valence-corrected chi connectivity index (χ0v) is 11.8. The summed E-state index contributed by atoms with van der Waals surface area (Å²) in [6.07, 6.45) is 4.54. The van der Waals surface area contributed by atoms with Gasteiger partial charge < -0.3 is 10.9 Å². The normalized spacial score (nSPS) is 14.6. The van der Waals surface area contributed by atoms with Gasteiger partial charge in [0.05, 0.1) is 5.56 Å². The van der Waals surface area contributed by atoms with Crippen molar-refractivity contribution in [3.8, 4) is 0 Å². The van der Waals surface area contributed by atoms with Crippen LogP contribution >= 0.6 is 11.8 Å². The van der Waals surface area contributed by atoms with Crippen LogP contribution in [0.3, 0.4) is 0 Å². The van der Waals surface area contributed by atoms with Gasteiger partial charge in [-0.3, -0.25) is 0 Å². The summed E-state index contributed by atoms with van der Waals surface area (Å²) in [5, 5.41) is 17.5. The van der Waals surface area contributed by atoms with Crippen LogP contribution in [0.25, 0.3) is 0 Å². The van der Waals surface area contributed by atoms with Gasteiger partial charge in [0.15, 0.2) is 11.0 Å². The number of amidine groups is 1. The standard InChI is InChI=1S/C12H14N6OS/c1-18-12(14-6-15-18)20-11-8(10(13)17-19)5-7-3-2-4-9(7)16-11/h5-6,19H,2-4H2,1H3,(H2,13,17). The molecule has 0 aliphatic heterocycles. The number of fused-ring (bicyclic) bond motifs is 1. The lowest BCUT2D eigenvalue weighted by atomic mass is 10.1. The van der Waals surface area contributed by atoms with Crippen LogP contribution in [0.4, 0.5) is 0 Å². The minimum atomic E-state index is 0.0665. The molecular formula is C12H14N6OS. The topological polar surface area (TPSA) is 102 Å². The van der Waals surface area contributed by atoms with Gasteiger partial charge in [-0.15, -0.1) is 0 Å². The number of aryl methyl sites for hydroxylation is 3. The third-order valence-electron chi connectivity index (χ3n) is 3.26. The molecule has 0 spiro atoms. The van der Waals surface area contributed by atoms with Crippen LogP contribution in [-0.4, -0.2) is 30.8 Å². The highest BCUT2D eigenvalue weighted by Gasteiger charge is 2.20. The molecule has 2 aromatic heterocycles. The first kappa shape index (κ1) is 12.9. The monoisotopic (exact) mass is 290 g/mol. The van der Waals surface area contributed by atoms with Crippen molar-refractivity contribution in [3.05, 3.63) is 29.2 Å². The Hall–Kier alpha value is -2.09. The maximum absolute atomic E-state index is 8.93. The molecule has 0 bridgehead atoms. The Morgan fingerprint density at radius 3 is 3.05 bits per heavy atom. The van der Waals surface area contributed by atoms with Crippen LogP contribution in [0.1, 0.15) is 23.2 Å². The first-order valence-corrected chi connectivity index (χ1v) is 7.03. The summed E-state index contributed by atoms with van der Waals surface area (Å²) >= 11 is 1.36. The van der Waals surface area contributed by atoms with Crippen LogP contribution in [0.2, 0.25) is 0 Å². The Morgan fingerprint density at radius 1 is 1.50 bits per heavy atom. The molecule has 7 nitrogen and oxygen atoms in total. The van der Waals surface area contributed by atoms with E-state index in [0.29, 0.717) is 15.7 Å². The number of rotatable bonds is 3. The molecule has 0 unspecified atom stereocenters. The molecule has 0 fully saturated rings. The van der Waals surface area contributed by atoms with Crippen molar-refractivity contribution in [1.82, 2.24) is 19.7 Å². The third-order valence-corrected chi connectivity index (χ3v) is 4.31. The minimum Gasteiger partial charge on any atom is -0.409 e. The zero-order valence-electron chi connectivity index (χ0n) is 10.9. The van der Waals surface area contributed by atoms with Gasteiger partial charge in [-0.2, -0.15) is 5.10 Å². The van der Waals surface area contributed by atoms with E-state index in [2.05, 4.69) is 20.2 Å². The van der Waals surface area contributed by atoms with Gasteiger partial charge in [0.2, 0.25) is 0 Å². The molecule has 1 aliphatic carbocycles. The van der Waals surface area contributed by atoms with Crippen molar-refractivity contribution in [2.75, 3.05) is 0 Å². The maximum atomic E-state index is 8.93. The number of hydrogen-bond donors (Lipinski definition) is 2. The molecular weight excluding hydrogens is 276 g/mol. The van der Waals surface area contributed by atoms with E-state index < -0.39 is 0 Å². The van der Waals surface area contributed by atoms with Crippen LogP contribution in [-0.2, 0) is 19.9 Å². The molecule has 2 aromatic rings. The second-order valence-electron chi connectivity index (χ2n) is 4.55. The summed E-state index contributed by atoms with van der Waals surface area (Å²) < 4.78 is 1.66. The smallest absolute Gasteiger partial charge is 0.192 e. The largest absolute Gasteiger partial charge is 0.409 e. The fraction of sp³-hybridized carbons (Fsp3) is 0.333. The van der Waals surface area contributed by atoms with Crippen LogP contribution in [0, 0.1) is 0 Å². The number of aromatic nitrogens is 4. The molecule has 2 heterocycles. The van der Waals surface area contributed by atoms with E-state index in [0.717, 1.165) is 25.0 Å². The number of nitrogens with two attached hydrogens (primary N) is 1. The quantitative estimate of drug-likeness (QED) is 0.377. The maximum Gasteiger partial charge on any atom is 0.192 e. The van der Waals surface area contributed by atoms with Crippen LogP contribution in [0.15, 0.2) is 27.7 Å². The van der Waals surface area contributed by atoms with Crippen molar-refractivity contribution in [2.45, 2.75) is 29.4 Å². The molecule has 3 N–H and O–H groups in total. The summed E-state index contributed by atoms with van der Waals surface area (Å²) in [5.74, 6) is 0.0665. The van der Waals surface area contributed by atoms with Crippen LogP contribution < -0.4 is 5.73 Å². The second kappa shape index (κ2) is 5.12. The van der Waals surface area contributed by atoms with E-state index in [-0.39, 0.29) is 5.84 Å². The van der Waals surface area contributed by atoms with Crippen molar-refractivity contribution in [2.24, 2.45) is 17.9 Å². The predicted octanol–water partition coefficient (Wildman–Crippen LogP) is 0.945. The van der Waals surface area contributed by atoms with Crippen molar-refractivity contribution >= 4 is 17.6 Å². The highest BCUT2D eigenvalue weighted by molar-refractivity contribution is 7.99. The minimum absolute atomic E-state index is 0.0665. The summed E-state index contributed by atoms with van der Waals surface area (Å²) in [7, 11) is 1.81. The zero-order chi connectivity index (χ0) is 14.1. The number of hydrogen-bond acceptors (Lipinski definition) is 6. The Labute approximate surface area is 119 Å². The van der Waals surface area contributed by atoms with Crippen molar-refractivity contribution in [1.29, 1.82) is 0 Å². The Morgan fingerprint density at radius 2 is 2.35 bits per heavy atom. The lowest BCUT2D eigenvalue weighted by Gasteiger charge is -2.09. The Bertz CT molecular complexity index is 681. The third kappa shape index (κ3) is 2.22. The molecule has 0 atom stereocenters. The average molecular weight is 290 g/mol. The molecule has 1 aliphatic rings. The number of nitrogens with zero attached hydrogens (tertiary/aromatic N) is 5. The first-order valence-electron chi connectivity index (χ1n) is 6.21. The summed E-state index contributed by atoms with van der Waals surface area (Å²) in [5.41, 5.74) is 8.66. The molecule has 104 valence electrons. The fourth-order valence-electron chi connectivity index (χ4n) is 2.23. The molecule has 20 heavy (non-hydrogen) atoms. The van der Waals surface area contributed by atoms with Crippen LogP contribution in [0.5, 0.6) is 0 Å². The van der Waals surface area contributed by atoms with Crippen molar-refractivity contribution in [3.63, 3.8) is 0 Å². The second-order valence-corrected chi connectivity index (χ2v) is 5.51. The van der Waals surface area contributed by atoms with Gasteiger partial charge in [-0.1, -0.05) is 5.16 Å². The average Bonchev–Trinajstić information content (AvgIpc) is 3.06. The van der Waals surface area contributed by atoms with Gasteiger partial charge in [0, 0.05) is 12.7 Å². The van der Waals surface area contributed by atoms with E-state index in [9.17, 15) is 0 Å². The number of pyridine rings is 1. The molecule has 0 aromatic carbocycles. The van der Waals surface area contributed by atoms with E-state index in [1.807, 2.05) is 13.1 Å². The van der Waals surface area contributed by atoms with Gasteiger partial charge in [0.25, 0.3) is 0 Å². The molecule has 3 rings (SSSR count). The Balaban J connectivity index is 2.06. The SMILES string of the molecule is Cn1ncnc1Sc1nc2c(cc1C(N)=NO)CCC2. The van der Waals surface area contributed by atoms with E-state index in [1.54, 1.807) is 4.68 Å². The first-order chi connectivity index (χ1) is 9.69. The lowest BCUT2D eigenvalue weighted by Crippen LogP contribution is -2.16. The Kier molecular flexibility index (Phi) is 3.31. The highest BCUT2D eigenvalue weighted by Crippen LogP contribution is 2.31. The molecule has 8 heteroatoms. The van der Waals surface area contributed by atoms with E-state index in [4.69, 9.17) is 10.9 Å².